The highest BCUT2D eigenvalue weighted by atomic mass is 14.4. The maximum absolute atomic E-state index is 2.57. The maximum Gasteiger partial charge on any atom is -0.0317 e. The summed E-state index contributed by atoms with van der Waals surface area (Å²) in [6.45, 7) is 4.83. The topological polar surface area (TPSA) is 0 Å². The Hall–Kier alpha value is -0.260. The summed E-state index contributed by atoms with van der Waals surface area (Å²) in [7, 11) is 0. The molecule has 1 saturated carbocycles. The fourth-order valence-electron chi connectivity index (χ4n) is 2.98. The minimum absolute atomic E-state index is 0.897. The largest absolute Gasteiger partial charge is 0.0883 e. The van der Waals surface area contributed by atoms with Gasteiger partial charge in [0.05, 0.1) is 0 Å². The molecule has 0 aromatic carbocycles. The Morgan fingerprint density at radius 1 is 1.00 bits per heavy atom. The summed E-state index contributed by atoms with van der Waals surface area (Å²) in [4.78, 5) is 0. The van der Waals surface area contributed by atoms with E-state index in [0.29, 0.717) is 0 Å². The highest BCUT2D eigenvalue weighted by molar-refractivity contribution is 5.01. The fourth-order valence-corrected chi connectivity index (χ4v) is 2.98. The van der Waals surface area contributed by atoms with E-state index in [1.807, 2.05) is 0 Å². The smallest absolute Gasteiger partial charge is 0.0317 e. The molecule has 0 amide bonds. The highest BCUT2D eigenvalue weighted by Crippen LogP contribution is 2.43. The van der Waals surface area contributed by atoms with Gasteiger partial charge in [-0.1, -0.05) is 26.0 Å². The van der Waals surface area contributed by atoms with E-state index in [1.165, 1.54) is 25.7 Å². The highest BCUT2D eigenvalue weighted by Gasteiger charge is 2.33. The van der Waals surface area contributed by atoms with Crippen LogP contribution in [0.1, 0.15) is 39.5 Å². The maximum atomic E-state index is 2.57. The molecule has 2 rings (SSSR count). The number of fused-ring (bicyclic) bond motifs is 1. The van der Waals surface area contributed by atoms with E-state index in [-0.39, 0.29) is 0 Å². The second-order valence-electron chi connectivity index (χ2n) is 5.06. The van der Waals surface area contributed by atoms with E-state index in [9.17, 15) is 0 Å². The van der Waals surface area contributed by atoms with Gasteiger partial charge in [-0.3, -0.25) is 0 Å². The number of hydrogen-bond donors (Lipinski definition) is 0. The zero-order valence-electron chi connectivity index (χ0n) is 8.87. The first-order valence-corrected chi connectivity index (χ1v) is 5.75. The van der Waals surface area contributed by atoms with Gasteiger partial charge in [0.15, 0.2) is 0 Å². The molecular formula is C13H21. The minimum Gasteiger partial charge on any atom is -0.0883 e. The van der Waals surface area contributed by atoms with Crippen molar-refractivity contribution in [2.45, 2.75) is 39.5 Å². The third-order valence-electron chi connectivity index (χ3n) is 3.88. The number of hydrogen-bond acceptors (Lipinski definition) is 0. The molecule has 73 valence electrons. The van der Waals surface area contributed by atoms with Gasteiger partial charge in [0.25, 0.3) is 0 Å². The number of rotatable bonds is 0. The van der Waals surface area contributed by atoms with Gasteiger partial charge in [-0.05, 0) is 55.8 Å². The molecule has 1 fully saturated rings. The molecule has 0 aromatic rings. The summed E-state index contributed by atoms with van der Waals surface area (Å²) in [5.74, 6) is 3.73. The standard InChI is InChI=1S/C13H21/c1-10-5-3-4-6-12-8-7-11(2)13(12)9-10/h3-4,8,10-13H,5-7,9H2,1-2H3/b4-3-. The van der Waals surface area contributed by atoms with E-state index >= 15 is 0 Å². The first kappa shape index (κ1) is 9.30. The Labute approximate surface area is 82.4 Å². The summed E-state index contributed by atoms with van der Waals surface area (Å²) in [5, 5.41) is 0. The summed E-state index contributed by atoms with van der Waals surface area (Å²) >= 11 is 0. The van der Waals surface area contributed by atoms with Crippen molar-refractivity contribution < 1.29 is 0 Å². The van der Waals surface area contributed by atoms with Gasteiger partial charge in [0.2, 0.25) is 0 Å². The quantitative estimate of drug-likeness (QED) is 0.493. The van der Waals surface area contributed by atoms with Crippen LogP contribution in [0.2, 0.25) is 0 Å². The van der Waals surface area contributed by atoms with Crippen molar-refractivity contribution in [1.29, 1.82) is 0 Å². The van der Waals surface area contributed by atoms with Crippen molar-refractivity contribution in [1.82, 2.24) is 0 Å². The molecule has 1 radical (unpaired) electrons. The molecule has 0 nitrogen and oxygen atoms in total. The Morgan fingerprint density at radius 3 is 2.62 bits per heavy atom. The summed E-state index contributed by atoms with van der Waals surface area (Å²) in [5.41, 5.74) is 0. The lowest BCUT2D eigenvalue weighted by Crippen LogP contribution is -2.17. The lowest BCUT2D eigenvalue weighted by molar-refractivity contribution is 0.269. The van der Waals surface area contributed by atoms with Crippen LogP contribution < -0.4 is 0 Å². The lowest BCUT2D eigenvalue weighted by atomic mass is 9.79. The van der Waals surface area contributed by atoms with Crippen LogP contribution in [-0.2, 0) is 0 Å². The van der Waals surface area contributed by atoms with Crippen molar-refractivity contribution in [2.24, 2.45) is 23.7 Å². The normalized spacial score (nSPS) is 47.8. The SMILES string of the molecule is CC1C/C=C\CC2[CH]CC(C)C2C1. The van der Waals surface area contributed by atoms with Gasteiger partial charge in [-0.2, -0.15) is 0 Å². The van der Waals surface area contributed by atoms with Crippen LogP contribution >= 0.6 is 0 Å². The van der Waals surface area contributed by atoms with Crippen LogP contribution in [0.5, 0.6) is 0 Å². The molecule has 13 heavy (non-hydrogen) atoms. The van der Waals surface area contributed by atoms with Gasteiger partial charge in [0.1, 0.15) is 0 Å². The Morgan fingerprint density at radius 2 is 1.77 bits per heavy atom. The van der Waals surface area contributed by atoms with E-state index in [2.05, 4.69) is 32.4 Å². The van der Waals surface area contributed by atoms with Crippen LogP contribution in [0, 0.1) is 30.1 Å². The summed E-state index contributed by atoms with van der Waals surface area (Å²) < 4.78 is 0. The zero-order valence-corrected chi connectivity index (χ0v) is 8.87. The van der Waals surface area contributed by atoms with E-state index in [4.69, 9.17) is 0 Å². The molecule has 0 bridgehead atoms. The molecule has 2 aliphatic rings. The van der Waals surface area contributed by atoms with Gasteiger partial charge in [-0.25, -0.2) is 0 Å². The van der Waals surface area contributed by atoms with E-state index in [1.54, 1.807) is 0 Å². The third kappa shape index (κ3) is 1.98. The lowest BCUT2D eigenvalue weighted by Gasteiger charge is -2.26. The van der Waals surface area contributed by atoms with Gasteiger partial charge in [-0.15, -0.1) is 0 Å². The molecular weight excluding hydrogens is 156 g/mol. The van der Waals surface area contributed by atoms with Crippen LogP contribution in [0.3, 0.4) is 0 Å². The zero-order chi connectivity index (χ0) is 9.26. The third-order valence-corrected chi connectivity index (χ3v) is 3.88. The molecule has 0 heteroatoms. The monoisotopic (exact) mass is 177 g/mol. The predicted molar refractivity (Wildman–Crippen MR) is 57.2 cm³/mol. The Kier molecular flexibility index (Phi) is 2.76. The van der Waals surface area contributed by atoms with Crippen molar-refractivity contribution >= 4 is 0 Å². The average Bonchev–Trinajstić information content (AvgIpc) is 2.39. The first-order valence-electron chi connectivity index (χ1n) is 5.75. The molecule has 0 heterocycles. The molecule has 4 unspecified atom stereocenters. The molecule has 0 saturated heterocycles. The molecule has 0 aromatic heterocycles. The predicted octanol–water partition coefficient (Wildman–Crippen LogP) is 3.84. The number of allylic oxidation sites excluding steroid dienone is 2. The van der Waals surface area contributed by atoms with Gasteiger partial charge in [0, 0.05) is 0 Å². The van der Waals surface area contributed by atoms with Crippen molar-refractivity contribution in [3.05, 3.63) is 18.6 Å². The van der Waals surface area contributed by atoms with Crippen molar-refractivity contribution in [3.8, 4) is 0 Å². The van der Waals surface area contributed by atoms with Crippen LogP contribution in [0.25, 0.3) is 0 Å². The van der Waals surface area contributed by atoms with Crippen molar-refractivity contribution in [3.63, 3.8) is 0 Å². The Balaban J connectivity index is 2.07. The fraction of sp³-hybridized carbons (Fsp3) is 0.769. The summed E-state index contributed by atoms with van der Waals surface area (Å²) in [6.07, 6.45) is 12.8. The van der Waals surface area contributed by atoms with E-state index < -0.39 is 0 Å². The van der Waals surface area contributed by atoms with Crippen LogP contribution in [-0.4, -0.2) is 0 Å². The van der Waals surface area contributed by atoms with Crippen molar-refractivity contribution in [2.75, 3.05) is 0 Å². The van der Waals surface area contributed by atoms with Gasteiger partial charge < -0.3 is 0 Å². The van der Waals surface area contributed by atoms with Gasteiger partial charge >= 0.3 is 0 Å². The minimum atomic E-state index is 0.897. The van der Waals surface area contributed by atoms with Crippen LogP contribution in [0.15, 0.2) is 12.2 Å². The Bertz CT molecular complexity index is 192. The molecule has 0 N–H and O–H groups in total. The molecule has 0 spiro atoms. The first-order chi connectivity index (χ1) is 6.27. The second kappa shape index (κ2) is 3.86. The second-order valence-corrected chi connectivity index (χ2v) is 5.06. The molecule has 0 aliphatic heterocycles. The van der Waals surface area contributed by atoms with E-state index in [0.717, 1.165) is 23.7 Å². The molecule has 2 aliphatic carbocycles. The van der Waals surface area contributed by atoms with Crippen LogP contribution in [0.4, 0.5) is 0 Å². The summed E-state index contributed by atoms with van der Waals surface area (Å²) in [6, 6.07) is 0. The molecule has 4 atom stereocenters. The average molecular weight is 177 g/mol.